The summed E-state index contributed by atoms with van der Waals surface area (Å²) in [6.45, 7) is 7.13. The second-order valence-electron chi connectivity index (χ2n) is 7.57. The quantitative estimate of drug-likeness (QED) is 0.574. The van der Waals surface area contributed by atoms with Gasteiger partial charge in [0.1, 0.15) is 5.82 Å². The van der Waals surface area contributed by atoms with Gasteiger partial charge in [-0.3, -0.25) is 4.79 Å². The highest BCUT2D eigenvalue weighted by molar-refractivity contribution is 7.10. The van der Waals surface area contributed by atoms with E-state index in [1.165, 1.54) is 10.4 Å². The number of aryl methyl sites for hydroxylation is 3. The Morgan fingerprint density at radius 3 is 2.55 bits per heavy atom. The fourth-order valence-electron chi connectivity index (χ4n) is 3.44. The Labute approximate surface area is 186 Å². The molecule has 0 atom stereocenters. The van der Waals surface area contributed by atoms with E-state index < -0.39 is 0 Å². The molecule has 162 valence electrons. The third-order valence-electron chi connectivity index (χ3n) is 5.15. The molecule has 3 heterocycles. The Balaban J connectivity index is 1.34. The van der Waals surface area contributed by atoms with Gasteiger partial charge in [0.25, 0.3) is 0 Å². The molecule has 1 saturated heterocycles. The molecule has 1 aliphatic heterocycles. The van der Waals surface area contributed by atoms with Gasteiger partial charge in [-0.05, 0) is 61.5 Å². The molecular formula is C23H27N5O2S. The molecule has 3 aromatic rings. The minimum Gasteiger partial charge on any atom is -0.378 e. The van der Waals surface area contributed by atoms with Gasteiger partial charge < -0.3 is 20.3 Å². The van der Waals surface area contributed by atoms with Crippen molar-refractivity contribution in [1.29, 1.82) is 0 Å². The zero-order valence-corrected chi connectivity index (χ0v) is 18.7. The van der Waals surface area contributed by atoms with Crippen LogP contribution in [0.15, 0.2) is 41.8 Å². The van der Waals surface area contributed by atoms with Crippen LogP contribution in [0, 0.1) is 13.8 Å². The van der Waals surface area contributed by atoms with Gasteiger partial charge in [0, 0.05) is 47.5 Å². The molecule has 1 amide bonds. The Morgan fingerprint density at radius 1 is 1.10 bits per heavy atom. The number of nitrogens with one attached hydrogen (secondary N) is 2. The molecule has 7 nitrogen and oxygen atoms in total. The second kappa shape index (κ2) is 9.89. The van der Waals surface area contributed by atoms with Crippen molar-refractivity contribution < 1.29 is 9.53 Å². The number of hydrogen-bond acceptors (Lipinski definition) is 7. The van der Waals surface area contributed by atoms with Crippen LogP contribution < -0.4 is 15.5 Å². The Morgan fingerprint density at radius 2 is 1.84 bits per heavy atom. The lowest BCUT2D eigenvalue weighted by Crippen LogP contribution is -2.36. The van der Waals surface area contributed by atoms with Gasteiger partial charge in [-0.15, -0.1) is 11.3 Å². The van der Waals surface area contributed by atoms with Crippen LogP contribution in [0.2, 0.25) is 0 Å². The molecule has 1 aliphatic rings. The zero-order valence-electron chi connectivity index (χ0n) is 17.9. The number of amides is 1. The summed E-state index contributed by atoms with van der Waals surface area (Å²) in [4.78, 5) is 24.9. The van der Waals surface area contributed by atoms with E-state index in [0.717, 1.165) is 42.4 Å². The number of aromatic nitrogens is 2. The number of rotatable bonds is 7. The van der Waals surface area contributed by atoms with E-state index in [0.29, 0.717) is 25.6 Å². The maximum Gasteiger partial charge on any atom is 0.229 e. The van der Waals surface area contributed by atoms with Crippen LogP contribution in [0.4, 0.5) is 23.1 Å². The molecule has 4 rings (SSSR count). The number of carbonyl (C=O) groups excluding carboxylic acids is 1. The van der Waals surface area contributed by atoms with Gasteiger partial charge >= 0.3 is 0 Å². The summed E-state index contributed by atoms with van der Waals surface area (Å²) in [5.41, 5.74) is 3.80. The lowest BCUT2D eigenvalue weighted by Gasteiger charge is -2.28. The third kappa shape index (κ3) is 5.80. The van der Waals surface area contributed by atoms with E-state index in [9.17, 15) is 4.79 Å². The number of carbonyl (C=O) groups is 1. The highest BCUT2D eigenvalue weighted by Gasteiger charge is 2.14. The highest BCUT2D eigenvalue weighted by atomic mass is 32.1. The lowest BCUT2D eigenvalue weighted by atomic mass is 10.2. The van der Waals surface area contributed by atoms with Crippen LogP contribution in [-0.2, 0) is 16.0 Å². The second-order valence-corrected chi connectivity index (χ2v) is 8.57. The predicted molar refractivity (Wildman–Crippen MR) is 126 cm³/mol. The molecule has 1 aromatic carbocycles. The summed E-state index contributed by atoms with van der Waals surface area (Å²) in [5, 5.41) is 8.29. The van der Waals surface area contributed by atoms with E-state index in [1.807, 2.05) is 37.3 Å². The van der Waals surface area contributed by atoms with Crippen molar-refractivity contribution in [3.05, 3.63) is 57.9 Å². The third-order valence-corrected chi connectivity index (χ3v) is 6.23. The van der Waals surface area contributed by atoms with Crippen molar-refractivity contribution in [2.24, 2.45) is 0 Å². The molecule has 0 aliphatic carbocycles. The first-order valence-electron chi connectivity index (χ1n) is 10.4. The van der Waals surface area contributed by atoms with Gasteiger partial charge in [0.05, 0.1) is 13.2 Å². The van der Waals surface area contributed by atoms with E-state index in [1.54, 1.807) is 11.3 Å². The number of hydrogen-bond donors (Lipinski definition) is 2. The van der Waals surface area contributed by atoms with Gasteiger partial charge in [-0.2, -0.15) is 4.98 Å². The van der Waals surface area contributed by atoms with Crippen LogP contribution >= 0.6 is 11.3 Å². The predicted octanol–water partition coefficient (Wildman–Crippen LogP) is 4.31. The Kier molecular flexibility index (Phi) is 6.79. The molecular weight excluding hydrogens is 410 g/mol. The maximum atomic E-state index is 12.3. The van der Waals surface area contributed by atoms with Crippen LogP contribution in [0.1, 0.15) is 22.6 Å². The highest BCUT2D eigenvalue weighted by Crippen LogP contribution is 2.21. The van der Waals surface area contributed by atoms with Crippen molar-refractivity contribution in [2.45, 2.75) is 26.7 Å². The number of anilines is 4. The summed E-state index contributed by atoms with van der Waals surface area (Å²) in [5.74, 6) is 1.48. The standard InChI is InChI=1S/C23H27N5O2S/c1-16-9-14-31-20(16)7-8-22(29)25-18-3-5-19(6-4-18)26-23-24-17(2)15-21(27-23)28-10-12-30-13-11-28/h3-6,9,14-15H,7-8,10-13H2,1-2H3,(H,25,29)(H,24,26,27). The number of benzene rings is 1. The zero-order chi connectivity index (χ0) is 21.6. The fraction of sp³-hybridized carbons (Fsp3) is 0.348. The molecule has 31 heavy (non-hydrogen) atoms. The van der Waals surface area contributed by atoms with Gasteiger partial charge in [-0.25, -0.2) is 4.98 Å². The van der Waals surface area contributed by atoms with Crippen molar-refractivity contribution in [2.75, 3.05) is 41.8 Å². The number of morpholine rings is 1. The SMILES string of the molecule is Cc1cc(N2CCOCC2)nc(Nc2ccc(NC(=O)CCc3sccc3C)cc2)n1. The first-order valence-corrected chi connectivity index (χ1v) is 11.3. The molecule has 0 radical (unpaired) electrons. The molecule has 8 heteroatoms. The van der Waals surface area contributed by atoms with E-state index >= 15 is 0 Å². The van der Waals surface area contributed by atoms with Crippen molar-refractivity contribution >= 4 is 40.4 Å². The lowest BCUT2D eigenvalue weighted by molar-refractivity contribution is -0.116. The van der Waals surface area contributed by atoms with E-state index in [-0.39, 0.29) is 5.91 Å². The molecule has 0 spiro atoms. The van der Waals surface area contributed by atoms with Crippen molar-refractivity contribution in [1.82, 2.24) is 9.97 Å². The number of thiophene rings is 1. The fourth-order valence-corrected chi connectivity index (χ4v) is 4.35. The van der Waals surface area contributed by atoms with Crippen LogP contribution in [0.3, 0.4) is 0 Å². The molecule has 0 bridgehead atoms. The summed E-state index contributed by atoms with van der Waals surface area (Å²) in [6.07, 6.45) is 1.24. The molecule has 1 fully saturated rings. The van der Waals surface area contributed by atoms with Gasteiger partial charge in [-0.1, -0.05) is 0 Å². The molecule has 2 N–H and O–H groups in total. The first kappa shape index (κ1) is 21.3. The first-order chi connectivity index (χ1) is 15.1. The monoisotopic (exact) mass is 437 g/mol. The molecule has 2 aromatic heterocycles. The summed E-state index contributed by atoms with van der Waals surface area (Å²) < 4.78 is 5.42. The van der Waals surface area contributed by atoms with E-state index in [2.05, 4.69) is 43.9 Å². The van der Waals surface area contributed by atoms with Crippen LogP contribution in [0.25, 0.3) is 0 Å². The average molecular weight is 438 g/mol. The molecule has 0 saturated carbocycles. The summed E-state index contributed by atoms with van der Waals surface area (Å²) in [6, 6.07) is 11.7. The van der Waals surface area contributed by atoms with Crippen LogP contribution in [0.5, 0.6) is 0 Å². The Bertz CT molecular complexity index is 1030. The van der Waals surface area contributed by atoms with Crippen LogP contribution in [-0.4, -0.2) is 42.2 Å². The average Bonchev–Trinajstić information content (AvgIpc) is 3.19. The minimum atomic E-state index is 0.0191. The Hall–Kier alpha value is -2.97. The summed E-state index contributed by atoms with van der Waals surface area (Å²) >= 11 is 1.70. The topological polar surface area (TPSA) is 79.4 Å². The minimum absolute atomic E-state index is 0.0191. The largest absolute Gasteiger partial charge is 0.378 e. The smallest absolute Gasteiger partial charge is 0.229 e. The number of ether oxygens (including phenoxy) is 1. The number of nitrogens with zero attached hydrogens (tertiary/aromatic N) is 3. The summed E-state index contributed by atoms with van der Waals surface area (Å²) in [7, 11) is 0. The van der Waals surface area contributed by atoms with Crippen molar-refractivity contribution in [3.63, 3.8) is 0 Å². The van der Waals surface area contributed by atoms with Gasteiger partial charge in [0.2, 0.25) is 11.9 Å². The molecule has 0 unspecified atom stereocenters. The van der Waals surface area contributed by atoms with E-state index in [4.69, 9.17) is 4.74 Å². The van der Waals surface area contributed by atoms with Gasteiger partial charge in [0.15, 0.2) is 0 Å². The maximum absolute atomic E-state index is 12.3. The normalized spacial score (nSPS) is 13.8. The van der Waals surface area contributed by atoms with Crippen molar-refractivity contribution in [3.8, 4) is 0 Å².